The van der Waals surface area contributed by atoms with Crippen LogP contribution in [0.4, 0.5) is 0 Å². The van der Waals surface area contributed by atoms with Crippen molar-refractivity contribution in [3.05, 3.63) is 87.9 Å². The van der Waals surface area contributed by atoms with E-state index in [4.69, 9.17) is 32.7 Å². The molecule has 0 saturated carbocycles. The molecule has 1 aliphatic rings. The molecule has 0 spiro atoms. The van der Waals surface area contributed by atoms with Gasteiger partial charge in [-0.3, -0.25) is 0 Å². The Kier molecular flexibility index (Phi) is 9.14. The topological polar surface area (TPSA) is 59.1 Å². The quantitative estimate of drug-likeness (QED) is 0.300. The minimum atomic E-state index is -3.91. The Hall–Kier alpha value is -2.29. The van der Waals surface area contributed by atoms with Crippen molar-refractivity contribution in [2.75, 3.05) is 33.3 Å². The standard InChI is InChI=1S/C27H30Cl2N2O4S/c1-34-25-12-9-22(17-26(25)35-20-21-7-3-2-4-8-21)19-31(16-15-30-13-5-6-14-30)36(32,33)27-18-23(28)10-11-24(27)29/h2-4,7-12,17-18H,5-6,13-16,19-20H2,1H3. The zero-order chi connectivity index (χ0) is 25.5. The molecule has 1 aliphatic heterocycles. The summed E-state index contributed by atoms with van der Waals surface area (Å²) in [5.41, 5.74) is 1.80. The molecule has 1 saturated heterocycles. The molecular weight excluding hydrogens is 519 g/mol. The van der Waals surface area contributed by atoms with Gasteiger partial charge in [0.05, 0.1) is 12.1 Å². The minimum Gasteiger partial charge on any atom is -0.493 e. The molecular formula is C27H30Cl2N2O4S. The highest BCUT2D eigenvalue weighted by molar-refractivity contribution is 7.89. The van der Waals surface area contributed by atoms with Crippen LogP contribution in [0.15, 0.2) is 71.6 Å². The van der Waals surface area contributed by atoms with Crippen LogP contribution in [0.5, 0.6) is 11.5 Å². The second kappa shape index (κ2) is 12.3. The summed E-state index contributed by atoms with van der Waals surface area (Å²) in [6.45, 7) is 3.46. The van der Waals surface area contributed by atoms with Crippen molar-refractivity contribution in [1.82, 2.24) is 9.21 Å². The van der Waals surface area contributed by atoms with E-state index in [1.54, 1.807) is 19.2 Å². The Bertz CT molecular complexity index is 1270. The van der Waals surface area contributed by atoms with E-state index in [1.807, 2.05) is 42.5 Å². The van der Waals surface area contributed by atoms with Gasteiger partial charge in [0.25, 0.3) is 0 Å². The van der Waals surface area contributed by atoms with Gasteiger partial charge in [0.1, 0.15) is 11.5 Å². The molecule has 192 valence electrons. The lowest BCUT2D eigenvalue weighted by Crippen LogP contribution is -2.37. The van der Waals surface area contributed by atoms with Gasteiger partial charge in [0.2, 0.25) is 10.0 Å². The lowest BCUT2D eigenvalue weighted by Gasteiger charge is -2.26. The third-order valence-electron chi connectivity index (χ3n) is 6.20. The van der Waals surface area contributed by atoms with E-state index in [0.29, 0.717) is 36.2 Å². The Labute approximate surface area is 223 Å². The molecule has 0 N–H and O–H groups in total. The minimum absolute atomic E-state index is 0.00662. The van der Waals surface area contributed by atoms with E-state index in [1.165, 1.54) is 16.4 Å². The summed E-state index contributed by atoms with van der Waals surface area (Å²) >= 11 is 12.4. The van der Waals surface area contributed by atoms with Crippen molar-refractivity contribution < 1.29 is 17.9 Å². The van der Waals surface area contributed by atoms with Crippen LogP contribution in [0, 0.1) is 0 Å². The fourth-order valence-corrected chi connectivity index (χ4v) is 6.38. The van der Waals surface area contributed by atoms with Crippen LogP contribution in [-0.4, -0.2) is 50.9 Å². The molecule has 0 amide bonds. The van der Waals surface area contributed by atoms with Crippen molar-refractivity contribution in [1.29, 1.82) is 0 Å². The number of sulfonamides is 1. The molecule has 0 aliphatic carbocycles. The first-order valence-electron chi connectivity index (χ1n) is 11.9. The first kappa shape index (κ1) is 26.8. The third kappa shape index (κ3) is 6.72. The van der Waals surface area contributed by atoms with Gasteiger partial charge >= 0.3 is 0 Å². The zero-order valence-electron chi connectivity index (χ0n) is 20.2. The van der Waals surface area contributed by atoms with Gasteiger partial charge in [0.15, 0.2) is 11.5 Å². The number of ether oxygens (including phenoxy) is 2. The smallest absolute Gasteiger partial charge is 0.244 e. The lowest BCUT2D eigenvalue weighted by molar-refractivity contribution is 0.281. The first-order valence-corrected chi connectivity index (χ1v) is 14.1. The molecule has 36 heavy (non-hydrogen) atoms. The second-order valence-electron chi connectivity index (χ2n) is 8.72. The number of rotatable bonds is 11. The zero-order valence-corrected chi connectivity index (χ0v) is 22.5. The van der Waals surface area contributed by atoms with Crippen LogP contribution >= 0.6 is 23.2 Å². The molecule has 0 bridgehead atoms. The predicted molar refractivity (Wildman–Crippen MR) is 143 cm³/mol. The fourth-order valence-electron chi connectivity index (χ4n) is 4.23. The Morgan fingerprint density at radius 2 is 1.67 bits per heavy atom. The number of hydrogen-bond donors (Lipinski definition) is 0. The van der Waals surface area contributed by atoms with Gasteiger partial charge in [-0.05, 0) is 67.4 Å². The maximum Gasteiger partial charge on any atom is 0.244 e. The molecule has 1 heterocycles. The van der Waals surface area contributed by atoms with Crippen LogP contribution in [-0.2, 0) is 23.2 Å². The summed E-state index contributed by atoms with van der Waals surface area (Å²) in [7, 11) is -2.33. The number of benzene rings is 3. The predicted octanol–water partition coefficient (Wildman–Crippen LogP) is 5.87. The highest BCUT2D eigenvalue weighted by atomic mass is 35.5. The van der Waals surface area contributed by atoms with Gasteiger partial charge in [-0.2, -0.15) is 4.31 Å². The van der Waals surface area contributed by atoms with Crippen LogP contribution in [0.2, 0.25) is 10.0 Å². The van der Waals surface area contributed by atoms with Crippen LogP contribution in [0.25, 0.3) is 0 Å². The Balaban J connectivity index is 1.60. The van der Waals surface area contributed by atoms with Crippen molar-refractivity contribution in [3.63, 3.8) is 0 Å². The number of likely N-dealkylation sites (tertiary alicyclic amines) is 1. The number of nitrogens with zero attached hydrogens (tertiary/aromatic N) is 2. The number of hydrogen-bond acceptors (Lipinski definition) is 5. The molecule has 3 aromatic carbocycles. The van der Waals surface area contributed by atoms with Crippen molar-refractivity contribution in [2.45, 2.75) is 30.9 Å². The molecule has 3 aromatic rings. The summed E-state index contributed by atoms with van der Waals surface area (Å²) in [5, 5.41) is 0.464. The van der Waals surface area contributed by atoms with E-state index < -0.39 is 10.0 Å². The third-order valence-corrected chi connectivity index (χ3v) is 8.76. The maximum absolute atomic E-state index is 13.7. The van der Waals surface area contributed by atoms with Crippen LogP contribution in [0.3, 0.4) is 0 Å². The van der Waals surface area contributed by atoms with E-state index in [-0.39, 0.29) is 16.5 Å². The Morgan fingerprint density at radius 3 is 2.39 bits per heavy atom. The number of methoxy groups -OCH3 is 1. The average Bonchev–Trinajstić information content (AvgIpc) is 3.41. The second-order valence-corrected chi connectivity index (χ2v) is 11.5. The van der Waals surface area contributed by atoms with Crippen molar-refractivity contribution >= 4 is 33.2 Å². The summed E-state index contributed by atoms with van der Waals surface area (Å²) < 4.78 is 40.5. The van der Waals surface area contributed by atoms with Crippen molar-refractivity contribution in [2.24, 2.45) is 0 Å². The average molecular weight is 550 g/mol. The van der Waals surface area contributed by atoms with E-state index >= 15 is 0 Å². The van der Waals surface area contributed by atoms with Crippen LogP contribution < -0.4 is 9.47 Å². The van der Waals surface area contributed by atoms with Gasteiger partial charge in [-0.1, -0.05) is 59.6 Å². The molecule has 1 fully saturated rings. The van der Waals surface area contributed by atoms with E-state index in [2.05, 4.69) is 4.90 Å². The summed E-state index contributed by atoms with van der Waals surface area (Å²) in [6, 6.07) is 19.8. The molecule has 9 heteroatoms. The molecule has 0 atom stereocenters. The van der Waals surface area contributed by atoms with Gasteiger partial charge in [-0.15, -0.1) is 0 Å². The van der Waals surface area contributed by atoms with Gasteiger partial charge in [0, 0.05) is 24.7 Å². The summed E-state index contributed by atoms with van der Waals surface area (Å²) in [6.07, 6.45) is 2.26. The van der Waals surface area contributed by atoms with E-state index in [9.17, 15) is 8.42 Å². The number of halogens is 2. The lowest BCUT2D eigenvalue weighted by atomic mass is 10.2. The van der Waals surface area contributed by atoms with E-state index in [0.717, 1.165) is 37.1 Å². The normalized spacial score (nSPS) is 14.3. The summed E-state index contributed by atoms with van der Waals surface area (Å²) in [5.74, 6) is 1.13. The molecule has 0 radical (unpaired) electrons. The first-order chi connectivity index (χ1) is 17.4. The van der Waals surface area contributed by atoms with Gasteiger partial charge in [-0.25, -0.2) is 8.42 Å². The highest BCUT2D eigenvalue weighted by Crippen LogP contribution is 2.32. The summed E-state index contributed by atoms with van der Waals surface area (Å²) in [4.78, 5) is 2.29. The SMILES string of the molecule is COc1ccc(CN(CCN2CCCC2)S(=O)(=O)c2cc(Cl)ccc2Cl)cc1OCc1ccccc1. The highest BCUT2D eigenvalue weighted by Gasteiger charge is 2.28. The molecule has 4 rings (SSSR count). The monoisotopic (exact) mass is 548 g/mol. The van der Waals surface area contributed by atoms with Crippen LogP contribution in [0.1, 0.15) is 24.0 Å². The molecule has 0 unspecified atom stereocenters. The van der Waals surface area contributed by atoms with Crippen molar-refractivity contribution in [3.8, 4) is 11.5 Å². The largest absolute Gasteiger partial charge is 0.493 e. The molecule has 6 nitrogen and oxygen atoms in total. The Morgan fingerprint density at radius 1 is 0.917 bits per heavy atom. The van der Waals surface area contributed by atoms with Gasteiger partial charge < -0.3 is 14.4 Å². The molecule has 0 aromatic heterocycles. The maximum atomic E-state index is 13.7. The fraction of sp³-hybridized carbons (Fsp3) is 0.333.